The van der Waals surface area contributed by atoms with Crippen molar-refractivity contribution in [3.8, 4) is 0 Å². The molecule has 4 atom stereocenters. The molecule has 4 aromatic rings. The van der Waals surface area contributed by atoms with Gasteiger partial charge in [0.1, 0.15) is 38.2 Å². The molecule has 1 fully saturated rings. The lowest BCUT2D eigenvalue weighted by Crippen LogP contribution is -2.37. The first-order valence-electron chi connectivity index (χ1n) is 16.3. The number of ether oxygens (including phenoxy) is 4. The van der Waals surface area contributed by atoms with Crippen LogP contribution in [0.15, 0.2) is 71.8 Å². The van der Waals surface area contributed by atoms with Gasteiger partial charge in [0, 0.05) is 12.3 Å². The van der Waals surface area contributed by atoms with Crippen LogP contribution in [-0.4, -0.2) is 80.3 Å². The second-order valence-corrected chi connectivity index (χ2v) is 13.3. The largest absolute Gasteiger partial charge is 0.472 e. The highest BCUT2D eigenvalue weighted by Crippen LogP contribution is 2.44. The summed E-state index contributed by atoms with van der Waals surface area (Å²) in [5, 5.41) is 4.80. The lowest BCUT2D eigenvalue weighted by Gasteiger charge is -2.20. The van der Waals surface area contributed by atoms with E-state index in [0.29, 0.717) is 5.56 Å². The zero-order chi connectivity index (χ0) is 38.0. The smallest absolute Gasteiger partial charge is 0.460 e. The van der Waals surface area contributed by atoms with Crippen LogP contribution < -0.4 is 16.2 Å². The van der Waals surface area contributed by atoms with Gasteiger partial charge < -0.3 is 29.2 Å². The van der Waals surface area contributed by atoms with E-state index in [1.807, 2.05) is 6.07 Å². The summed E-state index contributed by atoms with van der Waals surface area (Å²) >= 11 is 0. The van der Waals surface area contributed by atoms with Crippen molar-refractivity contribution in [3.05, 3.63) is 88.5 Å². The number of carbonyl (C=O) groups is 4. The van der Waals surface area contributed by atoms with Gasteiger partial charge in [0.05, 0.1) is 12.9 Å². The number of aromatic amines is 1. The Morgan fingerprint density at radius 2 is 1.64 bits per heavy atom. The van der Waals surface area contributed by atoms with Gasteiger partial charge in [0.2, 0.25) is 11.9 Å². The van der Waals surface area contributed by atoms with E-state index in [-0.39, 0.29) is 36.7 Å². The Morgan fingerprint density at radius 3 is 2.28 bits per heavy atom. The summed E-state index contributed by atoms with van der Waals surface area (Å²) in [6, 6.07) is 17.6. The van der Waals surface area contributed by atoms with E-state index in [9.17, 15) is 33.4 Å². The number of nitrogens with one attached hydrogen (secondary N) is 3. The van der Waals surface area contributed by atoms with Gasteiger partial charge in [0.25, 0.3) is 5.56 Å². The number of carbonyl (C=O) groups excluding carboxylic acids is 4. The highest BCUT2D eigenvalue weighted by atomic mass is 31.2. The summed E-state index contributed by atoms with van der Waals surface area (Å²) in [6.07, 6.45) is -3.35. The number of imidazole rings is 1. The highest BCUT2D eigenvalue weighted by Gasteiger charge is 2.41. The molecule has 1 saturated heterocycles. The van der Waals surface area contributed by atoms with Crippen molar-refractivity contribution in [1.29, 1.82) is 0 Å². The second-order valence-electron chi connectivity index (χ2n) is 11.9. The third kappa shape index (κ3) is 11.3. The van der Waals surface area contributed by atoms with Crippen molar-refractivity contribution < 1.29 is 56.6 Å². The van der Waals surface area contributed by atoms with E-state index in [2.05, 4.69) is 25.6 Å². The van der Waals surface area contributed by atoms with Crippen LogP contribution >= 0.6 is 7.82 Å². The van der Waals surface area contributed by atoms with Crippen LogP contribution in [0.5, 0.6) is 0 Å². The van der Waals surface area contributed by atoms with E-state index in [4.69, 9.17) is 28.0 Å². The Balaban J connectivity index is 1.24. The lowest BCUT2D eigenvalue weighted by atomic mass is 10.2. The van der Waals surface area contributed by atoms with Gasteiger partial charge in [-0.25, -0.2) is 19.1 Å². The normalized spacial score (nSPS) is 17.9. The molecule has 0 saturated carbocycles. The molecule has 0 spiro atoms. The number of hydrogen-bond donors (Lipinski definition) is 4. The fourth-order valence-electron chi connectivity index (χ4n) is 4.83. The van der Waals surface area contributed by atoms with Gasteiger partial charge in [-0.3, -0.25) is 38.3 Å². The van der Waals surface area contributed by atoms with Crippen molar-refractivity contribution >= 4 is 48.9 Å². The lowest BCUT2D eigenvalue weighted by molar-refractivity contribution is -0.148. The SMILES string of the molecule is CC(C)C(=O)Nc1nc2c(ncn2[C@H]2CC(OC(=O)NCC(=O)OCc3ccccc3)[C@@H](COP(=O)(O)OCC(=O)OCc3ccccc3)O2)c(=O)[nH]1. The molecule has 0 bridgehead atoms. The molecule has 2 aromatic carbocycles. The maximum Gasteiger partial charge on any atom is 0.472 e. The number of fused-ring (bicyclic) bond motifs is 1. The number of phosphoric ester groups is 1. The predicted molar refractivity (Wildman–Crippen MR) is 183 cm³/mol. The fourth-order valence-corrected chi connectivity index (χ4v) is 5.51. The number of esters is 2. The molecule has 0 radical (unpaired) electrons. The Bertz CT molecular complexity index is 2010. The number of nitrogens with zero attached hydrogens (tertiary/aromatic N) is 3. The molecule has 2 aromatic heterocycles. The standard InChI is InChI=1S/C33H37N6O13P/c1-20(2)30(42)37-32-36-29-28(31(43)38-32)35-19-39(29)25-13-23(52-33(44)34-14-26(40)47-15-21-9-5-3-6-10-21)24(51-25)17-49-53(45,46)50-18-27(41)48-16-22-11-7-4-8-12-22/h3-12,19-20,23-25H,13-18H2,1-2H3,(H,34,44)(H,45,46)(H2,36,37,38,42,43)/t23?,24-,25-/m1/s1. The molecule has 20 heteroatoms. The third-order valence-electron chi connectivity index (χ3n) is 7.56. The number of anilines is 1. The number of benzene rings is 2. The van der Waals surface area contributed by atoms with Gasteiger partial charge >= 0.3 is 25.9 Å². The van der Waals surface area contributed by atoms with Crippen LogP contribution in [0.4, 0.5) is 10.7 Å². The van der Waals surface area contributed by atoms with Gasteiger partial charge in [0.15, 0.2) is 17.8 Å². The van der Waals surface area contributed by atoms with Crippen LogP contribution in [0.3, 0.4) is 0 Å². The molecule has 2 unspecified atom stereocenters. The quantitative estimate of drug-likeness (QED) is 0.0729. The fraction of sp³-hybridized carbons (Fsp3) is 0.364. The molecule has 53 heavy (non-hydrogen) atoms. The molecule has 4 N–H and O–H groups in total. The van der Waals surface area contributed by atoms with Gasteiger partial charge in [-0.1, -0.05) is 74.5 Å². The van der Waals surface area contributed by atoms with Crippen LogP contribution in [0.25, 0.3) is 11.2 Å². The molecular weight excluding hydrogens is 719 g/mol. The first kappa shape index (κ1) is 38.8. The van der Waals surface area contributed by atoms with Gasteiger partial charge in [-0.05, 0) is 11.1 Å². The monoisotopic (exact) mass is 756 g/mol. The zero-order valence-electron chi connectivity index (χ0n) is 28.5. The van der Waals surface area contributed by atoms with Crippen LogP contribution in [-0.2, 0) is 60.2 Å². The van der Waals surface area contributed by atoms with Crippen LogP contribution in [0, 0.1) is 5.92 Å². The molecule has 1 aliphatic rings. The average molecular weight is 757 g/mol. The summed E-state index contributed by atoms with van der Waals surface area (Å²) in [6.45, 7) is 1.09. The first-order chi connectivity index (χ1) is 25.4. The Morgan fingerprint density at radius 1 is 1.00 bits per heavy atom. The van der Waals surface area contributed by atoms with E-state index >= 15 is 0 Å². The number of alkyl carbamates (subject to hydrolysis) is 1. The van der Waals surface area contributed by atoms with Crippen LogP contribution in [0.1, 0.15) is 37.6 Å². The number of amides is 2. The van der Waals surface area contributed by atoms with E-state index < -0.39 is 81.4 Å². The van der Waals surface area contributed by atoms with Crippen molar-refractivity contribution in [2.24, 2.45) is 5.92 Å². The zero-order valence-corrected chi connectivity index (χ0v) is 29.4. The van der Waals surface area contributed by atoms with E-state index in [0.717, 1.165) is 5.56 Å². The molecule has 1 aliphatic heterocycles. The van der Waals surface area contributed by atoms with Gasteiger partial charge in [-0.2, -0.15) is 4.98 Å². The third-order valence-corrected chi connectivity index (χ3v) is 8.49. The Labute approximate surface area is 301 Å². The molecule has 19 nitrogen and oxygen atoms in total. The Hall–Kier alpha value is -5.46. The minimum atomic E-state index is -4.88. The van der Waals surface area contributed by atoms with Crippen molar-refractivity contribution in [2.75, 3.05) is 25.1 Å². The van der Waals surface area contributed by atoms with Gasteiger partial charge in [-0.15, -0.1) is 0 Å². The molecule has 0 aliphatic carbocycles. The van der Waals surface area contributed by atoms with Crippen molar-refractivity contribution in [2.45, 2.75) is 51.9 Å². The minimum Gasteiger partial charge on any atom is -0.460 e. The highest BCUT2D eigenvalue weighted by molar-refractivity contribution is 7.47. The molecule has 5 rings (SSSR count). The number of aromatic nitrogens is 4. The summed E-state index contributed by atoms with van der Waals surface area (Å²) < 4.78 is 45.7. The number of hydrogen-bond acceptors (Lipinski definition) is 14. The van der Waals surface area contributed by atoms with Crippen molar-refractivity contribution in [3.63, 3.8) is 0 Å². The number of rotatable bonds is 16. The van der Waals surface area contributed by atoms with Crippen LogP contribution in [0.2, 0.25) is 0 Å². The molecule has 282 valence electrons. The molecule has 2 amide bonds. The second kappa shape index (κ2) is 17.8. The van der Waals surface area contributed by atoms with E-state index in [1.165, 1.54) is 10.9 Å². The predicted octanol–water partition coefficient (Wildman–Crippen LogP) is 2.72. The number of H-pyrrole nitrogens is 1. The summed E-state index contributed by atoms with van der Waals surface area (Å²) in [7, 11) is -4.88. The topological polar surface area (TPSA) is 249 Å². The summed E-state index contributed by atoms with van der Waals surface area (Å²) in [5.41, 5.74) is 0.699. The average Bonchev–Trinajstić information content (AvgIpc) is 3.75. The van der Waals surface area contributed by atoms with Crippen molar-refractivity contribution in [1.82, 2.24) is 24.8 Å². The number of phosphoric acid groups is 1. The Kier molecular flexibility index (Phi) is 13.1. The minimum absolute atomic E-state index is 0.00826. The summed E-state index contributed by atoms with van der Waals surface area (Å²) in [5.74, 6) is -2.64. The maximum absolute atomic E-state index is 12.8. The van der Waals surface area contributed by atoms with E-state index in [1.54, 1.807) is 68.4 Å². The molecule has 3 heterocycles. The first-order valence-corrected chi connectivity index (χ1v) is 17.7. The maximum atomic E-state index is 12.8. The summed E-state index contributed by atoms with van der Waals surface area (Å²) in [4.78, 5) is 83.3. The molecular formula is C33H37N6O13P.